The lowest BCUT2D eigenvalue weighted by atomic mass is 10.1. The number of carboxylic acids is 1. The molecular weight excluding hydrogens is 252 g/mol. The Morgan fingerprint density at radius 3 is 2.70 bits per heavy atom. The molecule has 1 aromatic rings. The Bertz CT molecular complexity index is 458. The standard InChI is InChI=1S/C16H24N2O2/c1-3-18(4-2)14-9-10-17(12-14)11-13-7-5-6-8-15(13)16(19)20/h5-8,14H,3-4,9-12H2,1-2H3,(H,19,20). The first kappa shape index (κ1) is 15.0. The summed E-state index contributed by atoms with van der Waals surface area (Å²) in [6.45, 7) is 9.39. The number of nitrogens with zero attached hydrogens (tertiary/aromatic N) is 2. The molecule has 110 valence electrons. The second kappa shape index (κ2) is 6.86. The van der Waals surface area contributed by atoms with Crippen molar-refractivity contribution in [3.63, 3.8) is 0 Å². The van der Waals surface area contributed by atoms with E-state index in [0.717, 1.165) is 38.3 Å². The zero-order chi connectivity index (χ0) is 14.5. The summed E-state index contributed by atoms with van der Waals surface area (Å²) in [4.78, 5) is 16.1. The third-order valence-corrected chi connectivity index (χ3v) is 4.22. The minimum Gasteiger partial charge on any atom is -0.478 e. The van der Waals surface area contributed by atoms with Crippen molar-refractivity contribution in [2.45, 2.75) is 32.9 Å². The highest BCUT2D eigenvalue weighted by molar-refractivity contribution is 5.89. The fourth-order valence-electron chi connectivity index (χ4n) is 3.10. The molecular formula is C16H24N2O2. The fraction of sp³-hybridized carbons (Fsp3) is 0.562. The molecule has 4 heteroatoms. The maximum atomic E-state index is 11.2. The first-order valence-corrected chi connectivity index (χ1v) is 7.43. The van der Waals surface area contributed by atoms with Crippen molar-refractivity contribution in [1.82, 2.24) is 9.80 Å². The number of carboxylic acid groups (broad SMARTS) is 1. The molecule has 1 aliphatic heterocycles. The van der Waals surface area contributed by atoms with E-state index >= 15 is 0 Å². The third-order valence-electron chi connectivity index (χ3n) is 4.22. The van der Waals surface area contributed by atoms with Crippen LogP contribution in [-0.2, 0) is 6.54 Å². The first-order valence-electron chi connectivity index (χ1n) is 7.43. The van der Waals surface area contributed by atoms with Crippen molar-refractivity contribution in [3.05, 3.63) is 35.4 Å². The minimum atomic E-state index is -0.833. The number of hydrogen-bond donors (Lipinski definition) is 1. The summed E-state index contributed by atoms with van der Waals surface area (Å²) in [5, 5.41) is 9.23. The van der Waals surface area contributed by atoms with Crippen LogP contribution in [0.4, 0.5) is 0 Å². The molecule has 1 atom stereocenters. The number of aromatic carboxylic acids is 1. The summed E-state index contributed by atoms with van der Waals surface area (Å²) < 4.78 is 0. The molecule has 0 spiro atoms. The lowest BCUT2D eigenvalue weighted by Crippen LogP contribution is -2.37. The molecule has 1 unspecified atom stereocenters. The molecule has 0 aliphatic carbocycles. The van der Waals surface area contributed by atoms with Gasteiger partial charge in [0.05, 0.1) is 5.56 Å². The molecule has 1 aromatic carbocycles. The Kier molecular flexibility index (Phi) is 5.15. The molecule has 1 N–H and O–H groups in total. The topological polar surface area (TPSA) is 43.8 Å². The van der Waals surface area contributed by atoms with Crippen LogP contribution < -0.4 is 0 Å². The molecule has 0 aromatic heterocycles. The maximum Gasteiger partial charge on any atom is 0.336 e. The average molecular weight is 276 g/mol. The van der Waals surface area contributed by atoms with Crippen LogP contribution in [0.3, 0.4) is 0 Å². The summed E-state index contributed by atoms with van der Waals surface area (Å²) in [6, 6.07) is 7.93. The summed E-state index contributed by atoms with van der Waals surface area (Å²) in [6.07, 6.45) is 1.18. The molecule has 1 aliphatic rings. The van der Waals surface area contributed by atoms with Crippen LogP contribution in [0.2, 0.25) is 0 Å². The molecule has 2 rings (SSSR count). The zero-order valence-corrected chi connectivity index (χ0v) is 12.4. The molecule has 4 nitrogen and oxygen atoms in total. The van der Waals surface area contributed by atoms with Gasteiger partial charge in [0, 0.05) is 25.7 Å². The van der Waals surface area contributed by atoms with E-state index in [0.29, 0.717) is 11.6 Å². The van der Waals surface area contributed by atoms with Crippen LogP contribution in [0.1, 0.15) is 36.2 Å². The van der Waals surface area contributed by atoms with Gasteiger partial charge in [0.1, 0.15) is 0 Å². The molecule has 0 amide bonds. The Hall–Kier alpha value is -1.39. The number of rotatable bonds is 6. The van der Waals surface area contributed by atoms with E-state index in [1.54, 1.807) is 12.1 Å². The van der Waals surface area contributed by atoms with E-state index in [9.17, 15) is 9.90 Å². The summed E-state index contributed by atoms with van der Waals surface area (Å²) in [5.41, 5.74) is 1.35. The van der Waals surface area contributed by atoms with Crippen LogP contribution in [-0.4, -0.2) is 53.1 Å². The zero-order valence-electron chi connectivity index (χ0n) is 12.4. The Morgan fingerprint density at radius 2 is 2.05 bits per heavy atom. The van der Waals surface area contributed by atoms with Gasteiger partial charge in [0.25, 0.3) is 0 Å². The SMILES string of the molecule is CCN(CC)C1CCN(Cc2ccccc2C(=O)O)C1. The lowest BCUT2D eigenvalue weighted by Gasteiger charge is -2.26. The van der Waals surface area contributed by atoms with E-state index in [2.05, 4.69) is 23.6 Å². The molecule has 0 saturated carbocycles. The number of carbonyl (C=O) groups is 1. The Morgan fingerprint density at radius 1 is 1.35 bits per heavy atom. The largest absolute Gasteiger partial charge is 0.478 e. The van der Waals surface area contributed by atoms with Gasteiger partial charge in [0.15, 0.2) is 0 Å². The summed E-state index contributed by atoms with van der Waals surface area (Å²) in [7, 11) is 0. The Balaban J connectivity index is 2.00. The van der Waals surface area contributed by atoms with E-state index in [4.69, 9.17) is 0 Å². The highest BCUT2D eigenvalue weighted by Crippen LogP contribution is 2.19. The van der Waals surface area contributed by atoms with Crippen LogP contribution >= 0.6 is 0 Å². The van der Waals surface area contributed by atoms with Gasteiger partial charge in [-0.2, -0.15) is 0 Å². The molecule has 1 saturated heterocycles. The highest BCUT2D eigenvalue weighted by Gasteiger charge is 2.26. The normalized spacial score (nSPS) is 19.6. The average Bonchev–Trinajstić information content (AvgIpc) is 2.89. The summed E-state index contributed by atoms with van der Waals surface area (Å²) >= 11 is 0. The van der Waals surface area contributed by atoms with Gasteiger partial charge in [-0.25, -0.2) is 4.79 Å². The van der Waals surface area contributed by atoms with E-state index in [-0.39, 0.29) is 0 Å². The Labute approximate surface area is 121 Å². The van der Waals surface area contributed by atoms with Gasteiger partial charge in [0.2, 0.25) is 0 Å². The van der Waals surface area contributed by atoms with Crippen LogP contribution in [0, 0.1) is 0 Å². The van der Waals surface area contributed by atoms with Gasteiger partial charge >= 0.3 is 5.97 Å². The van der Waals surface area contributed by atoms with E-state index < -0.39 is 5.97 Å². The molecule has 20 heavy (non-hydrogen) atoms. The number of benzene rings is 1. The van der Waals surface area contributed by atoms with Crippen LogP contribution in [0.25, 0.3) is 0 Å². The monoisotopic (exact) mass is 276 g/mol. The van der Waals surface area contributed by atoms with Crippen LogP contribution in [0.15, 0.2) is 24.3 Å². The lowest BCUT2D eigenvalue weighted by molar-refractivity contribution is 0.0694. The van der Waals surface area contributed by atoms with Gasteiger partial charge < -0.3 is 5.11 Å². The summed E-state index contributed by atoms with van der Waals surface area (Å²) in [5.74, 6) is -0.833. The van der Waals surface area contributed by atoms with Gasteiger partial charge in [-0.3, -0.25) is 9.80 Å². The van der Waals surface area contributed by atoms with Gasteiger partial charge in [-0.15, -0.1) is 0 Å². The maximum absolute atomic E-state index is 11.2. The van der Waals surface area contributed by atoms with E-state index in [1.807, 2.05) is 12.1 Å². The van der Waals surface area contributed by atoms with E-state index in [1.165, 1.54) is 6.42 Å². The molecule has 1 heterocycles. The molecule has 0 radical (unpaired) electrons. The van der Waals surface area contributed by atoms with Gasteiger partial charge in [-0.05, 0) is 31.1 Å². The van der Waals surface area contributed by atoms with Crippen molar-refractivity contribution < 1.29 is 9.90 Å². The number of hydrogen-bond acceptors (Lipinski definition) is 3. The second-order valence-corrected chi connectivity index (χ2v) is 5.36. The minimum absolute atomic E-state index is 0.429. The fourth-order valence-corrected chi connectivity index (χ4v) is 3.10. The molecule has 0 bridgehead atoms. The van der Waals surface area contributed by atoms with Gasteiger partial charge in [-0.1, -0.05) is 32.0 Å². The van der Waals surface area contributed by atoms with Crippen molar-refractivity contribution in [2.24, 2.45) is 0 Å². The smallest absolute Gasteiger partial charge is 0.336 e. The highest BCUT2D eigenvalue weighted by atomic mass is 16.4. The van der Waals surface area contributed by atoms with Crippen molar-refractivity contribution in [3.8, 4) is 0 Å². The first-order chi connectivity index (χ1) is 9.65. The number of likely N-dealkylation sites (tertiary alicyclic amines) is 1. The van der Waals surface area contributed by atoms with Crippen molar-refractivity contribution >= 4 is 5.97 Å². The number of likely N-dealkylation sites (N-methyl/N-ethyl adjacent to an activating group) is 1. The predicted octanol–water partition coefficient (Wildman–Crippen LogP) is 2.30. The predicted molar refractivity (Wildman–Crippen MR) is 80.0 cm³/mol. The van der Waals surface area contributed by atoms with Crippen molar-refractivity contribution in [2.75, 3.05) is 26.2 Å². The van der Waals surface area contributed by atoms with Crippen LogP contribution in [0.5, 0.6) is 0 Å². The quantitative estimate of drug-likeness (QED) is 0.866. The molecule has 1 fully saturated rings. The third kappa shape index (κ3) is 3.38. The van der Waals surface area contributed by atoms with Crippen molar-refractivity contribution in [1.29, 1.82) is 0 Å². The second-order valence-electron chi connectivity index (χ2n) is 5.36.